The van der Waals surface area contributed by atoms with Crippen LogP contribution in [0, 0.1) is 0 Å². The van der Waals surface area contributed by atoms with Crippen molar-refractivity contribution >= 4 is 17.3 Å². The summed E-state index contributed by atoms with van der Waals surface area (Å²) in [6.07, 6.45) is 1.16. The molecule has 2 rings (SSSR count). The average Bonchev–Trinajstić information content (AvgIpc) is 1.95. The number of benzene rings is 1. The Bertz CT molecular complexity index is 295. The Morgan fingerprint density at radius 3 is 2.83 bits per heavy atom. The van der Waals surface area contributed by atoms with Gasteiger partial charge in [-0.2, -0.15) is 0 Å². The summed E-state index contributed by atoms with van der Waals surface area (Å²) >= 11 is 5.89. The number of para-hydroxylation sites is 1. The van der Waals surface area contributed by atoms with Crippen LogP contribution in [-0.4, -0.2) is 6.54 Å². The molecule has 1 atom stereocenters. The maximum atomic E-state index is 5.89. The molecule has 64 valence electrons. The zero-order valence-electron chi connectivity index (χ0n) is 6.68. The molecule has 3 heteroatoms. The van der Waals surface area contributed by atoms with E-state index in [2.05, 4.69) is 5.32 Å². The number of hydrogen-bond acceptors (Lipinski definition) is 2. The third-order valence-electron chi connectivity index (χ3n) is 2.29. The van der Waals surface area contributed by atoms with Crippen LogP contribution in [0.3, 0.4) is 0 Å². The lowest BCUT2D eigenvalue weighted by molar-refractivity contribution is 0.384. The standard InChI is InChI=1S/C9H11ClN2/c10-7-3-1-2-6(9(7)11)8-4-5-12-8/h1-3,8,12H,4-5,11H2/t8-/m1/s1. The van der Waals surface area contributed by atoms with Crippen molar-refractivity contribution in [2.75, 3.05) is 12.3 Å². The van der Waals surface area contributed by atoms with Gasteiger partial charge in [-0.05, 0) is 24.6 Å². The number of anilines is 1. The predicted molar refractivity (Wildman–Crippen MR) is 51.2 cm³/mol. The van der Waals surface area contributed by atoms with E-state index in [0.717, 1.165) is 24.2 Å². The summed E-state index contributed by atoms with van der Waals surface area (Å²) in [6.45, 7) is 1.08. The zero-order chi connectivity index (χ0) is 8.55. The van der Waals surface area contributed by atoms with Crippen LogP contribution in [0.2, 0.25) is 5.02 Å². The quantitative estimate of drug-likeness (QED) is 0.652. The summed E-state index contributed by atoms with van der Waals surface area (Å²) in [4.78, 5) is 0. The molecule has 1 fully saturated rings. The molecular weight excluding hydrogens is 172 g/mol. The van der Waals surface area contributed by atoms with E-state index in [-0.39, 0.29) is 0 Å². The van der Waals surface area contributed by atoms with Gasteiger partial charge in [0, 0.05) is 6.04 Å². The van der Waals surface area contributed by atoms with Gasteiger partial charge in [0.25, 0.3) is 0 Å². The number of nitrogen functional groups attached to an aromatic ring is 1. The highest BCUT2D eigenvalue weighted by atomic mass is 35.5. The average molecular weight is 183 g/mol. The Labute approximate surface area is 76.7 Å². The van der Waals surface area contributed by atoms with Gasteiger partial charge in [-0.1, -0.05) is 23.7 Å². The summed E-state index contributed by atoms with van der Waals surface area (Å²) in [5.74, 6) is 0. The zero-order valence-corrected chi connectivity index (χ0v) is 7.43. The molecule has 0 aromatic heterocycles. The molecule has 0 aliphatic carbocycles. The molecule has 1 aliphatic rings. The van der Waals surface area contributed by atoms with E-state index in [1.807, 2.05) is 18.2 Å². The van der Waals surface area contributed by atoms with Gasteiger partial charge < -0.3 is 11.1 Å². The number of nitrogens with two attached hydrogens (primary N) is 1. The molecule has 1 aromatic rings. The van der Waals surface area contributed by atoms with E-state index in [1.165, 1.54) is 0 Å². The minimum Gasteiger partial charge on any atom is -0.397 e. The highest BCUT2D eigenvalue weighted by Gasteiger charge is 2.20. The van der Waals surface area contributed by atoms with E-state index in [0.29, 0.717) is 11.1 Å². The third-order valence-corrected chi connectivity index (χ3v) is 2.62. The fraction of sp³-hybridized carbons (Fsp3) is 0.333. The van der Waals surface area contributed by atoms with Gasteiger partial charge in [-0.3, -0.25) is 0 Å². The van der Waals surface area contributed by atoms with Crippen molar-refractivity contribution in [3.63, 3.8) is 0 Å². The highest BCUT2D eigenvalue weighted by Crippen LogP contribution is 2.31. The number of halogens is 1. The van der Waals surface area contributed by atoms with Gasteiger partial charge in [0.1, 0.15) is 0 Å². The van der Waals surface area contributed by atoms with Crippen molar-refractivity contribution in [2.45, 2.75) is 12.5 Å². The van der Waals surface area contributed by atoms with Gasteiger partial charge in [0.05, 0.1) is 10.7 Å². The van der Waals surface area contributed by atoms with Crippen LogP contribution in [0.15, 0.2) is 18.2 Å². The van der Waals surface area contributed by atoms with Crippen molar-refractivity contribution in [1.82, 2.24) is 5.32 Å². The normalized spacial score (nSPS) is 21.9. The van der Waals surface area contributed by atoms with Crippen molar-refractivity contribution in [1.29, 1.82) is 0 Å². The minimum atomic E-state index is 0.420. The lowest BCUT2D eigenvalue weighted by atomic mass is 9.97. The highest BCUT2D eigenvalue weighted by molar-refractivity contribution is 6.33. The molecule has 0 radical (unpaired) electrons. The SMILES string of the molecule is Nc1c(Cl)cccc1[C@H]1CCN1. The number of nitrogens with one attached hydrogen (secondary N) is 1. The van der Waals surface area contributed by atoms with Crippen molar-refractivity contribution in [3.05, 3.63) is 28.8 Å². The van der Waals surface area contributed by atoms with Gasteiger partial charge in [-0.25, -0.2) is 0 Å². The topological polar surface area (TPSA) is 38.0 Å². The van der Waals surface area contributed by atoms with E-state index < -0.39 is 0 Å². The van der Waals surface area contributed by atoms with Crippen LogP contribution in [0.4, 0.5) is 5.69 Å². The molecule has 0 bridgehead atoms. The Balaban J connectivity index is 2.36. The maximum Gasteiger partial charge on any atom is 0.0638 e. The molecule has 1 heterocycles. The molecule has 0 unspecified atom stereocenters. The number of hydrogen-bond donors (Lipinski definition) is 2. The van der Waals surface area contributed by atoms with Gasteiger partial charge in [0.2, 0.25) is 0 Å². The maximum absolute atomic E-state index is 5.89. The lowest BCUT2D eigenvalue weighted by Gasteiger charge is -2.29. The van der Waals surface area contributed by atoms with E-state index in [1.54, 1.807) is 0 Å². The molecule has 12 heavy (non-hydrogen) atoms. The fourth-order valence-electron chi connectivity index (χ4n) is 1.41. The summed E-state index contributed by atoms with van der Waals surface area (Å²) in [6, 6.07) is 6.20. The predicted octanol–water partition coefficient (Wildman–Crippen LogP) is 1.96. The second-order valence-corrected chi connectivity index (χ2v) is 3.45. The summed E-state index contributed by atoms with van der Waals surface area (Å²) < 4.78 is 0. The summed E-state index contributed by atoms with van der Waals surface area (Å²) in [7, 11) is 0. The Hall–Kier alpha value is -0.730. The van der Waals surface area contributed by atoms with Crippen molar-refractivity contribution in [2.24, 2.45) is 0 Å². The first-order valence-corrected chi connectivity index (χ1v) is 4.44. The van der Waals surface area contributed by atoms with Crippen molar-refractivity contribution in [3.8, 4) is 0 Å². The summed E-state index contributed by atoms with van der Waals surface area (Å²) in [5.41, 5.74) is 7.67. The van der Waals surface area contributed by atoms with E-state index in [9.17, 15) is 0 Å². The first-order valence-electron chi connectivity index (χ1n) is 4.06. The first-order chi connectivity index (χ1) is 5.79. The molecule has 0 amide bonds. The molecule has 1 aromatic carbocycles. The van der Waals surface area contributed by atoms with Crippen LogP contribution in [-0.2, 0) is 0 Å². The van der Waals surface area contributed by atoms with E-state index >= 15 is 0 Å². The lowest BCUT2D eigenvalue weighted by Crippen LogP contribution is -2.35. The molecule has 1 saturated heterocycles. The Morgan fingerprint density at radius 2 is 2.25 bits per heavy atom. The third kappa shape index (κ3) is 1.17. The van der Waals surface area contributed by atoms with Crippen LogP contribution in [0.25, 0.3) is 0 Å². The fourth-order valence-corrected chi connectivity index (χ4v) is 1.59. The molecular formula is C9H11ClN2. The van der Waals surface area contributed by atoms with Gasteiger partial charge in [-0.15, -0.1) is 0 Å². The van der Waals surface area contributed by atoms with Crippen LogP contribution in [0.1, 0.15) is 18.0 Å². The smallest absolute Gasteiger partial charge is 0.0638 e. The first kappa shape index (κ1) is 7.90. The van der Waals surface area contributed by atoms with Crippen molar-refractivity contribution < 1.29 is 0 Å². The Kier molecular flexibility index (Phi) is 1.95. The second-order valence-electron chi connectivity index (χ2n) is 3.04. The Morgan fingerprint density at radius 1 is 1.50 bits per heavy atom. The van der Waals surface area contributed by atoms with Gasteiger partial charge in [0.15, 0.2) is 0 Å². The monoisotopic (exact) mass is 182 g/mol. The molecule has 3 N–H and O–H groups in total. The largest absolute Gasteiger partial charge is 0.397 e. The second kappa shape index (κ2) is 2.96. The van der Waals surface area contributed by atoms with Crippen LogP contribution < -0.4 is 11.1 Å². The van der Waals surface area contributed by atoms with Crippen LogP contribution in [0.5, 0.6) is 0 Å². The van der Waals surface area contributed by atoms with Crippen LogP contribution >= 0.6 is 11.6 Å². The molecule has 1 aliphatic heterocycles. The minimum absolute atomic E-state index is 0.420. The summed E-state index contributed by atoms with van der Waals surface area (Å²) in [5, 5.41) is 3.95. The molecule has 2 nitrogen and oxygen atoms in total. The van der Waals surface area contributed by atoms with E-state index in [4.69, 9.17) is 17.3 Å². The number of rotatable bonds is 1. The van der Waals surface area contributed by atoms with Gasteiger partial charge >= 0.3 is 0 Å². The molecule has 0 saturated carbocycles. The molecule has 0 spiro atoms.